The third-order valence-electron chi connectivity index (χ3n) is 3.54. The minimum absolute atomic E-state index is 0.236. The van der Waals surface area contributed by atoms with Crippen molar-refractivity contribution in [2.45, 2.75) is 19.5 Å². The highest BCUT2D eigenvalue weighted by atomic mass is 35.5. The van der Waals surface area contributed by atoms with Gasteiger partial charge >= 0.3 is 6.36 Å². The molecule has 0 saturated carbocycles. The molecular formula is C16H11Cl2F3N2O. The minimum Gasteiger partial charge on any atom is -0.406 e. The van der Waals surface area contributed by atoms with Gasteiger partial charge < -0.3 is 9.64 Å². The third kappa shape index (κ3) is 3.76. The van der Waals surface area contributed by atoms with Crippen LogP contribution in [0.3, 0.4) is 0 Å². The standard InChI is InChI=1S/C16H11Cl2F3N2O/c17-11-3-9(4-12(18)6-11)7-23-8-10-5-13(24-16(19,20)21)1-2-14(10)15(23)22/h1-6,22H,7-8H2. The number of ether oxygens (including phenoxy) is 1. The lowest BCUT2D eigenvalue weighted by atomic mass is 10.1. The average molecular weight is 375 g/mol. The van der Waals surface area contributed by atoms with E-state index in [0.29, 0.717) is 34.3 Å². The molecule has 1 aliphatic rings. The maximum absolute atomic E-state index is 12.3. The number of amidine groups is 1. The molecule has 2 aromatic rings. The summed E-state index contributed by atoms with van der Waals surface area (Å²) < 4.78 is 40.9. The van der Waals surface area contributed by atoms with Gasteiger partial charge in [0.15, 0.2) is 0 Å². The van der Waals surface area contributed by atoms with Crippen molar-refractivity contribution in [3.63, 3.8) is 0 Å². The van der Waals surface area contributed by atoms with Crippen LogP contribution in [0.5, 0.6) is 5.75 Å². The maximum atomic E-state index is 12.3. The summed E-state index contributed by atoms with van der Waals surface area (Å²) in [6, 6.07) is 9.06. The number of hydrogen-bond acceptors (Lipinski definition) is 2. The summed E-state index contributed by atoms with van der Waals surface area (Å²) in [6.07, 6.45) is -4.74. The van der Waals surface area contributed by atoms with Crippen molar-refractivity contribution in [2.75, 3.05) is 0 Å². The summed E-state index contributed by atoms with van der Waals surface area (Å²) in [6.45, 7) is 0.691. The number of halogens is 5. The van der Waals surface area contributed by atoms with Gasteiger partial charge in [0.25, 0.3) is 0 Å². The molecule has 1 heterocycles. The lowest BCUT2D eigenvalue weighted by Crippen LogP contribution is -2.23. The van der Waals surface area contributed by atoms with Crippen molar-refractivity contribution in [1.82, 2.24) is 4.90 Å². The van der Waals surface area contributed by atoms with Crippen molar-refractivity contribution in [3.8, 4) is 5.75 Å². The second-order valence-electron chi connectivity index (χ2n) is 5.35. The van der Waals surface area contributed by atoms with Gasteiger partial charge in [0.05, 0.1) is 0 Å². The van der Waals surface area contributed by atoms with Gasteiger partial charge in [-0.3, -0.25) is 5.41 Å². The number of rotatable bonds is 3. The fraction of sp³-hybridized carbons (Fsp3) is 0.188. The fourth-order valence-electron chi connectivity index (χ4n) is 2.64. The molecule has 24 heavy (non-hydrogen) atoms. The van der Waals surface area contributed by atoms with Crippen LogP contribution in [0.2, 0.25) is 10.0 Å². The smallest absolute Gasteiger partial charge is 0.406 e. The van der Waals surface area contributed by atoms with E-state index in [1.54, 1.807) is 23.1 Å². The molecule has 8 heteroatoms. The van der Waals surface area contributed by atoms with E-state index >= 15 is 0 Å². The lowest BCUT2D eigenvalue weighted by Gasteiger charge is -2.18. The molecule has 126 valence electrons. The van der Waals surface area contributed by atoms with Crippen molar-refractivity contribution in [3.05, 3.63) is 63.1 Å². The number of nitrogens with one attached hydrogen (secondary N) is 1. The zero-order valence-corrected chi connectivity index (χ0v) is 13.6. The normalized spacial score (nSPS) is 14.0. The first-order valence-electron chi connectivity index (χ1n) is 6.89. The van der Waals surface area contributed by atoms with E-state index < -0.39 is 6.36 Å². The van der Waals surface area contributed by atoms with E-state index in [-0.39, 0.29) is 11.6 Å². The maximum Gasteiger partial charge on any atom is 0.573 e. The number of fused-ring (bicyclic) bond motifs is 1. The molecule has 0 saturated heterocycles. The Morgan fingerprint density at radius 2 is 1.75 bits per heavy atom. The average Bonchev–Trinajstić information content (AvgIpc) is 2.72. The minimum atomic E-state index is -4.74. The Hall–Kier alpha value is -1.92. The van der Waals surface area contributed by atoms with E-state index in [0.717, 1.165) is 5.56 Å². The summed E-state index contributed by atoms with van der Waals surface area (Å²) in [5, 5.41) is 9.17. The fourth-order valence-corrected chi connectivity index (χ4v) is 3.21. The molecule has 3 rings (SSSR count). The summed E-state index contributed by atoms with van der Waals surface area (Å²) >= 11 is 11.9. The quantitative estimate of drug-likeness (QED) is 0.797. The predicted octanol–water partition coefficient (Wildman–Crippen LogP) is 5.23. The van der Waals surface area contributed by atoms with Gasteiger partial charge in [0, 0.05) is 28.7 Å². The summed E-state index contributed by atoms with van der Waals surface area (Å²) in [5.41, 5.74) is 2.00. The number of nitrogens with zero attached hydrogens (tertiary/aromatic N) is 1. The molecule has 0 amide bonds. The van der Waals surface area contributed by atoms with Gasteiger partial charge in [-0.2, -0.15) is 0 Å². The number of benzene rings is 2. The van der Waals surface area contributed by atoms with Crippen LogP contribution in [0.25, 0.3) is 0 Å². The van der Waals surface area contributed by atoms with Gasteiger partial charge in [-0.05, 0) is 47.5 Å². The first kappa shape index (κ1) is 16.9. The van der Waals surface area contributed by atoms with Crippen LogP contribution < -0.4 is 4.74 Å². The summed E-state index contributed by atoms with van der Waals surface area (Å²) in [5.74, 6) is -0.0543. The SMILES string of the molecule is N=C1c2ccc(OC(F)(F)F)cc2CN1Cc1cc(Cl)cc(Cl)c1. The molecule has 0 bridgehead atoms. The van der Waals surface area contributed by atoms with Crippen LogP contribution in [0, 0.1) is 5.41 Å². The summed E-state index contributed by atoms with van der Waals surface area (Å²) in [7, 11) is 0. The first-order chi connectivity index (χ1) is 11.2. The highest BCUT2D eigenvalue weighted by molar-refractivity contribution is 6.34. The van der Waals surface area contributed by atoms with E-state index in [9.17, 15) is 13.2 Å². The summed E-state index contributed by atoms with van der Waals surface area (Å²) in [4.78, 5) is 1.73. The molecule has 0 fully saturated rings. The topological polar surface area (TPSA) is 36.3 Å². The van der Waals surface area contributed by atoms with Crippen LogP contribution in [0.4, 0.5) is 13.2 Å². The molecule has 0 radical (unpaired) electrons. The molecule has 0 spiro atoms. The Kier molecular flexibility index (Phi) is 4.36. The lowest BCUT2D eigenvalue weighted by molar-refractivity contribution is -0.274. The van der Waals surface area contributed by atoms with Crippen LogP contribution >= 0.6 is 23.2 Å². The Bertz CT molecular complexity index is 788. The Balaban J connectivity index is 1.80. The molecule has 2 aromatic carbocycles. The largest absolute Gasteiger partial charge is 0.573 e. The molecule has 0 atom stereocenters. The van der Waals surface area contributed by atoms with Crippen LogP contribution in [-0.2, 0) is 13.1 Å². The monoisotopic (exact) mass is 374 g/mol. The zero-order chi connectivity index (χ0) is 17.5. The van der Waals surface area contributed by atoms with Crippen LogP contribution in [0.15, 0.2) is 36.4 Å². The highest BCUT2D eigenvalue weighted by Crippen LogP contribution is 2.31. The zero-order valence-electron chi connectivity index (χ0n) is 12.1. The van der Waals surface area contributed by atoms with Gasteiger partial charge in [0.1, 0.15) is 11.6 Å². The Morgan fingerprint density at radius 3 is 2.38 bits per heavy atom. The molecule has 0 aromatic heterocycles. The molecule has 1 N–H and O–H groups in total. The van der Waals surface area contributed by atoms with Crippen molar-refractivity contribution >= 4 is 29.0 Å². The first-order valence-corrected chi connectivity index (χ1v) is 7.64. The van der Waals surface area contributed by atoms with Crippen molar-refractivity contribution in [1.29, 1.82) is 5.41 Å². The number of hydrogen-bond donors (Lipinski definition) is 1. The Morgan fingerprint density at radius 1 is 1.08 bits per heavy atom. The van der Waals surface area contributed by atoms with Gasteiger partial charge in [-0.25, -0.2) is 0 Å². The van der Waals surface area contributed by atoms with Crippen molar-refractivity contribution < 1.29 is 17.9 Å². The van der Waals surface area contributed by atoms with Gasteiger partial charge in [0.2, 0.25) is 0 Å². The van der Waals surface area contributed by atoms with Crippen molar-refractivity contribution in [2.24, 2.45) is 0 Å². The second-order valence-corrected chi connectivity index (χ2v) is 6.22. The molecule has 0 unspecified atom stereocenters. The van der Waals surface area contributed by atoms with Crippen LogP contribution in [-0.4, -0.2) is 17.1 Å². The van der Waals surface area contributed by atoms with E-state index in [4.69, 9.17) is 28.6 Å². The van der Waals surface area contributed by atoms with Gasteiger partial charge in [-0.15, -0.1) is 13.2 Å². The molecule has 0 aliphatic carbocycles. The Labute approximate surface area is 146 Å². The predicted molar refractivity (Wildman–Crippen MR) is 85.7 cm³/mol. The highest BCUT2D eigenvalue weighted by Gasteiger charge is 2.32. The molecule has 1 aliphatic heterocycles. The van der Waals surface area contributed by atoms with E-state index in [1.165, 1.54) is 18.2 Å². The van der Waals surface area contributed by atoms with Crippen LogP contribution in [0.1, 0.15) is 16.7 Å². The molecule has 3 nitrogen and oxygen atoms in total. The van der Waals surface area contributed by atoms with E-state index in [1.807, 2.05) is 0 Å². The second kappa shape index (κ2) is 6.18. The van der Waals surface area contributed by atoms with Gasteiger partial charge in [-0.1, -0.05) is 23.2 Å². The number of alkyl halides is 3. The molecular weight excluding hydrogens is 364 g/mol. The van der Waals surface area contributed by atoms with E-state index in [2.05, 4.69) is 4.74 Å². The third-order valence-corrected chi connectivity index (χ3v) is 3.98.